The van der Waals surface area contributed by atoms with Crippen molar-refractivity contribution in [2.24, 2.45) is 0 Å². The fraction of sp³-hybridized carbons (Fsp3) is 0.345. The maximum absolute atomic E-state index is 12.5. The van der Waals surface area contributed by atoms with Crippen molar-refractivity contribution in [3.63, 3.8) is 0 Å². The normalized spacial score (nSPS) is 16.3. The number of aliphatic hydroxyl groups is 1. The standard InChI is InChI=1S/C29H32N4O6/c34-13-1-2-14-37-23-8-4-7-22(16-23)21-6-3-5-20(15-21)17-30-12-11-24-18-33(29(36)39-24)26-10-9-25-28(31-26)32-27(35)19-38-25/h3-10,15-16,24,30,34H,1-2,11-14,17-19H2,(H,31,32,35)/t24-/m0/s1. The molecule has 1 fully saturated rings. The molecule has 2 aromatic carbocycles. The lowest BCUT2D eigenvalue weighted by Crippen LogP contribution is -2.29. The summed E-state index contributed by atoms with van der Waals surface area (Å²) in [4.78, 5) is 29.9. The van der Waals surface area contributed by atoms with Crippen LogP contribution in [-0.4, -0.2) is 61.1 Å². The molecule has 39 heavy (non-hydrogen) atoms. The van der Waals surface area contributed by atoms with Crippen LogP contribution in [0.3, 0.4) is 0 Å². The van der Waals surface area contributed by atoms with Crippen molar-refractivity contribution >= 4 is 23.6 Å². The summed E-state index contributed by atoms with van der Waals surface area (Å²) in [6.45, 7) is 2.46. The van der Waals surface area contributed by atoms with Gasteiger partial charge in [-0.1, -0.05) is 30.3 Å². The molecule has 2 aliphatic rings. The van der Waals surface area contributed by atoms with Gasteiger partial charge in [0.25, 0.3) is 5.91 Å². The minimum Gasteiger partial charge on any atom is -0.494 e. The largest absolute Gasteiger partial charge is 0.494 e. The van der Waals surface area contributed by atoms with Gasteiger partial charge in [0.15, 0.2) is 18.2 Å². The average molecular weight is 533 g/mol. The van der Waals surface area contributed by atoms with Crippen LogP contribution in [0, 0.1) is 0 Å². The van der Waals surface area contributed by atoms with Gasteiger partial charge in [-0.3, -0.25) is 9.69 Å². The van der Waals surface area contributed by atoms with E-state index in [1.165, 1.54) is 4.90 Å². The molecule has 10 nitrogen and oxygen atoms in total. The van der Waals surface area contributed by atoms with Gasteiger partial charge < -0.3 is 30.0 Å². The van der Waals surface area contributed by atoms with Gasteiger partial charge in [0, 0.05) is 13.2 Å². The van der Waals surface area contributed by atoms with Crippen LogP contribution >= 0.6 is 0 Å². The molecule has 1 atom stereocenters. The summed E-state index contributed by atoms with van der Waals surface area (Å²) in [6, 6.07) is 19.7. The number of anilines is 2. The number of nitrogens with zero attached hydrogens (tertiary/aromatic N) is 2. The number of benzene rings is 2. The lowest BCUT2D eigenvalue weighted by atomic mass is 10.0. The quantitative estimate of drug-likeness (QED) is 0.302. The number of rotatable bonds is 12. The highest BCUT2D eigenvalue weighted by Crippen LogP contribution is 2.30. The maximum atomic E-state index is 12.5. The number of nitrogens with one attached hydrogen (secondary N) is 2. The van der Waals surface area contributed by atoms with Crippen molar-refractivity contribution in [3.05, 3.63) is 66.2 Å². The van der Waals surface area contributed by atoms with E-state index in [1.807, 2.05) is 24.3 Å². The van der Waals surface area contributed by atoms with Gasteiger partial charge in [-0.05, 0) is 72.8 Å². The van der Waals surface area contributed by atoms with E-state index in [0.717, 1.165) is 35.3 Å². The molecule has 1 aromatic heterocycles. The summed E-state index contributed by atoms with van der Waals surface area (Å²) in [5.41, 5.74) is 3.33. The molecule has 3 heterocycles. The Labute approximate surface area is 226 Å². The number of pyridine rings is 1. The Balaban J connectivity index is 1.10. The lowest BCUT2D eigenvalue weighted by Gasteiger charge is -2.19. The summed E-state index contributed by atoms with van der Waals surface area (Å²) in [6.07, 6.45) is 1.49. The van der Waals surface area contributed by atoms with Gasteiger partial charge in [0.05, 0.1) is 13.2 Å². The smallest absolute Gasteiger partial charge is 0.415 e. The van der Waals surface area contributed by atoms with Crippen molar-refractivity contribution in [1.82, 2.24) is 10.3 Å². The molecule has 2 aliphatic heterocycles. The Bertz CT molecular complexity index is 1320. The number of carbonyl (C=O) groups excluding carboxylic acids is 2. The molecular weight excluding hydrogens is 500 g/mol. The van der Waals surface area contributed by atoms with Gasteiger partial charge in [-0.25, -0.2) is 9.78 Å². The van der Waals surface area contributed by atoms with Crippen LogP contribution in [0.25, 0.3) is 11.1 Å². The summed E-state index contributed by atoms with van der Waals surface area (Å²) >= 11 is 0. The minimum absolute atomic E-state index is 0.0476. The summed E-state index contributed by atoms with van der Waals surface area (Å²) in [5, 5.41) is 15.0. The molecule has 0 unspecified atom stereocenters. The van der Waals surface area contributed by atoms with Crippen molar-refractivity contribution in [3.8, 4) is 22.6 Å². The van der Waals surface area contributed by atoms with Crippen LogP contribution in [0.5, 0.6) is 11.5 Å². The van der Waals surface area contributed by atoms with E-state index in [-0.39, 0.29) is 25.2 Å². The molecule has 2 amide bonds. The van der Waals surface area contributed by atoms with Crippen LogP contribution in [0.15, 0.2) is 60.7 Å². The van der Waals surface area contributed by atoms with Gasteiger partial charge >= 0.3 is 6.09 Å². The number of aliphatic hydroxyl groups excluding tert-OH is 1. The number of amides is 2. The molecule has 204 valence electrons. The third-order valence-corrected chi connectivity index (χ3v) is 6.50. The zero-order chi connectivity index (χ0) is 27.0. The molecule has 1 saturated heterocycles. The zero-order valence-electron chi connectivity index (χ0n) is 21.6. The topological polar surface area (TPSA) is 122 Å². The number of fused-ring (bicyclic) bond motifs is 1. The van der Waals surface area contributed by atoms with Gasteiger partial charge in [-0.15, -0.1) is 0 Å². The average Bonchev–Trinajstić information content (AvgIpc) is 3.33. The van der Waals surface area contributed by atoms with E-state index >= 15 is 0 Å². The highest BCUT2D eigenvalue weighted by atomic mass is 16.6. The molecule has 5 rings (SSSR count). The van der Waals surface area contributed by atoms with Crippen molar-refractivity contribution in [2.45, 2.75) is 31.9 Å². The number of carbonyl (C=O) groups is 2. The fourth-order valence-corrected chi connectivity index (χ4v) is 4.49. The Morgan fingerprint density at radius 1 is 1.08 bits per heavy atom. The van der Waals surface area contributed by atoms with Crippen LogP contribution < -0.4 is 25.0 Å². The molecule has 0 bridgehead atoms. The van der Waals surface area contributed by atoms with Crippen LogP contribution in [0.2, 0.25) is 0 Å². The molecular formula is C29H32N4O6. The van der Waals surface area contributed by atoms with Crippen LogP contribution in [-0.2, 0) is 16.1 Å². The van der Waals surface area contributed by atoms with Gasteiger partial charge in [-0.2, -0.15) is 0 Å². The summed E-state index contributed by atoms with van der Waals surface area (Å²) < 4.78 is 16.7. The van der Waals surface area contributed by atoms with Crippen molar-refractivity contribution in [2.75, 3.05) is 43.1 Å². The third-order valence-electron chi connectivity index (χ3n) is 6.50. The molecule has 0 saturated carbocycles. The Morgan fingerprint density at radius 2 is 1.92 bits per heavy atom. The van der Waals surface area contributed by atoms with Gasteiger partial charge in [0.1, 0.15) is 17.7 Å². The second kappa shape index (κ2) is 12.6. The van der Waals surface area contributed by atoms with Gasteiger partial charge in [0.2, 0.25) is 0 Å². The Hall–Kier alpha value is -4.15. The predicted octanol–water partition coefficient (Wildman–Crippen LogP) is 3.74. The van der Waals surface area contributed by atoms with Crippen LogP contribution in [0.1, 0.15) is 24.8 Å². The Kier molecular flexibility index (Phi) is 8.55. The highest BCUT2D eigenvalue weighted by molar-refractivity contribution is 5.95. The number of ether oxygens (including phenoxy) is 3. The molecule has 0 spiro atoms. The number of cyclic esters (lactones) is 1. The van der Waals surface area contributed by atoms with E-state index in [0.29, 0.717) is 50.0 Å². The monoisotopic (exact) mass is 532 g/mol. The van der Waals surface area contributed by atoms with E-state index in [4.69, 9.17) is 19.3 Å². The third kappa shape index (κ3) is 6.84. The number of aromatic nitrogens is 1. The molecule has 3 N–H and O–H groups in total. The first-order valence-electron chi connectivity index (χ1n) is 13.1. The van der Waals surface area contributed by atoms with E-state index < -0.39 is 6.09 Å². The molecule has 0 radical (unpaired) electrons. The number of hydrogen-bond donors (Lipinski definition) is 3. The van der Waals surface area contributed by atoms with E-state index in [9.17, 15) is 9.59 Å². The number of hydrogen-bond acceptors (Lipinski definition) is 8. The first-order valence-corrected chi connectivity index (χ1v) is 13.1. The fourth-order valence-electron chi connectivity index (χ4n) is 4.49. The van der Waals surface area contributed by atoms with Crippen molar-refractivity contribution in [1.29, 1.82) is 0 Å². The predicted molar refractivity (Wildman–Crippen MR) is 146 cm³/mol. The second-order valence-corrected chi connectivity index (χ2v) is 9.44. The summed E-state index contributed by atoms with van der Waals surface area (Å²) in [5.74, 6) is 1.74. The summed E-state index contributed by atoms with van der Waals surface area (Å²) in [7, 11) is 0. The SMILES string of the molecule is O=C1COc2ccc(N3C[C@H](CCNCc4cccc(-c5cccc(OCCCCO)c5)c4)OC3=O)nc2N1. The first-order chi connectivity index (χ1) is 19.1. The second-order valence-electron chi connectivity index (χ2n) is 9.44. The van der Waals surface area contributed by atoms with Crippen LogP contribution in [0.4, 0.5) is 16.4 Å². The first kappa shape index (κ1) is 26.5. The maximum Gasteiger partial charge on any atom is 0.415 e. The Morgan fingerprint density at radius 3 is 2.79 bits per heavy atom. The molecule has 10 heteroatoms. The molecule has 3 aromatic rings. The van der Waals surface area contributed by atoms with Crippen molar-refractivity contribution < 1.29 is 28.9 Å². The number of unbranched alkanes of at least 4 members (excludes halogenated alkanes) is 1. The highest BCUT2D eigenvalue weighted by Gasteiger charge is 2.33. The molecule has 0 aliphatic carbocycles. The van der Waals surface area contributed by atoms with E-state index in [2.05, 4.69) is 39.9 Å². The van der Waals surface area contributed by atoms with E-state index in [1.54, 1.807) is 12.1 Å². The lowest BCUT2D eigenvalue weighted by molar-refractivity contribution is -0.118. The zero-order valence-corrected chi connectivity index (χ0v) is 21.6. The minimum atomic E-state index is -0.456.